The summed E-state index contributed by atoms with van der Waals surface area (Å²) in [6, 6.07) is 0.346. The lowest BCUT2D eigenvalue weighted by atomic mass is 10.1. The summed E-state index contributed by atoms with van der Waals surface area (Å²) in [6.45, 7) is 1.59. The molecular weight excluding hydrogens is 290 g/mol. The van der Waals surface area contributed by atoms with Crippen LogP contribution >= 0.6 is 0 Å². The third kappa shape index (κ3) is 4.63. The Hall–Kier alpha value is -0.210. The first-order valence-corrected chi connectivity index (χ1v) is 9.56. The predicted molar refractivity (Wildman–Crippen MR) is 83.2 cm³/mol. The van der Waals surface area contributed by atoms with Crippen molar-refractivity contribution in [2.45, 2.75) is 57.0 Å². The smallest absolute Gasteiger partial charge is 0.279 e. The van der Waals surface area contributed by atoms with Crippen LogP contribution in [0.25, 0.3) is 0 Å². The zero-order chi connectivity index (χ0) is 15.3. The van der Waals surface area contributed by atoms with E-state index in [1.54, 1.807) is 0 Å². The van der Waals surface area contributed by atoms with Crippen molar-refractivity contribution in [3.8, 4) is 0 Å². The van der Waals surface area contributed by atoms with Gasteiger partial charge < -0.3 is 10.0 Å². The van der Waals surface area contributed by atoms with Crippen molar-refractivity contribution in [2.75, 3.05) is 33.3 Å². The summed E-state index contributed by atoms with van der Waals surface area (Å²) in [6.07, 6.45) is 7.63. The first-order valence-electron chi connectivity index (χ1n) is 8.12. The van der Waals surface area contributed by atoms with Gasteiger partial charge in [-0.05, 0) is 32.7 Å². The van der Waals surface area contributed by atoms with Gasteiger partial charge in [0.05, 0.1) is 6.61 Å². The molecule has 2 fully saturated rings. The minimum atomic E-state index is -3.47. The summed E-state index contributed by atoms with van der Waals surface area (Å²) in [5.74, 6) is 0. The van der Waals surface area contributed by atoms with E-state index in [0.29, 0.717) is 19.1 Å². The van der Waals surface area contributed by atoms with E-state index in [4.69, 9.17) is 0 Å². The van der Waals surface area contributed by atoms with Crippen molar-refractivity contribution in [3.63, 3.8) is 0 Å². The molecule has 1 unspecified atom stereocenters. The second-order valence-electron chi connectivity index (χ2n) is 6.26. The topological polar surface area (TPSA) is 72.9 Å². The van der Waals surface area contributed by atoms with Crippen molar-refractivity contribution in [1.82, 2.24) is 13.9 Å². The second kappa shape index (κ2) is 7.87. The van der Waals surface area contributed by atoms with E-state index in [9.17, 15) is 13.5 Å². The number of nitrogens with zero attached hydrogens (tertiary/aromatic N) is 2. The molecule has 21 heavy (non-hydrogen) atoms. The molecule has 7 heteroatoms. The van der Waals surface area contributed by atoms with E-state index in [0.717, 1.165) is 25.8 Å². The molecule has 0 spiro atoms. The Labute approximate surface area is 128 Å². The molecule has 1 atom stereocenters. The summed E-state index contributed by atoms with van der Waals surface area (Å²) in [5, 5.41) is 9.34. The molecule has 1 aliphatic heterocycles. The van der Waals surface area contributed by atoms with E-state index >= 15 is 0 Å². The highest BCUT2D eigenvalue weighted by molar-refractivity contribution is 7.87. The molecule has 0 radical (unpaired) electrons. The fraction of sp³-hybridized carbons (Fsp3) is 1.00. The average Bonchev–Trinajstić information content (AvgIpc) is 3.01. The largest absolute Gasteiger partial charge is 0.395 e. The van der Waals surface area contributed by atoms with Crippen LogP contribution in [-0.4, -0.2) is 68.1 Å². The number of aliphatic hydroxyl groups is 1. The lowest BCUT2D eigenvalue weighted by Gasteiger charge is -2.33. The number of likely N-dealkylation sites (N-methyl/N-ethyl adjacent to an activating group) is 1. The van der Waals surface area contributed by atoms with Crippen molar-refractivity contribution in [1.29, 1.82) is 0 Å². The van der Waals surface area contributed by atoms with Gasteiger partial charge in [-0.15, -0.1) is 0 Å². The van der Waals surface area contributed by atoms with Crippen LogP contribution in [0, 0.1) is 0 Å². The van der Waals surface area contributed by atoms with Crippen LogP contribution in [0.2, 0.25) is 0 Å². The Bertz CT molecular complexity index is 410. The van der Waals surface area contributed by atoms with E-state index in [-0.39, 0.29) is 12.6 Å². The summed E-state index contributed by atoms with van der Waals surface area (Å²) < 4.78 is 28.8. The molecule has 1 saturated carbocycles. The van der Waals surface area contributed by atoms with Crippen molar-refractivity contribution >= 4 is 10.2 Å². The Balaban J connectivity index is 1.80. The summed E-state index contributed by atoms with van der Waals surface area (Å²) in [4.78, 5) is 2.26. The molecule has 2 aliphatic rings. The number of nitrogens with one attached hydrogen (secondary N) is 1. The SMILES string of the molecule is CN(CCNS(=O)(=O)N1CCCCC1CO)C1CCCC1. The van der Waals surface area contributed by atoms with Crippen LogP contribution in [0.15, 0.2) is 0 Å². The van der Waals surface area contributed by atoms with Gasteiger partial charge in [-0.1, -0.05) is 19.3 Å². The van der Waals surface area contributed by atoms with Gasteiger partial charge in [0.1, 0.15) is 0 Å². The first kappa shape index (κ1) is 17.1. The van der Waals surface area contributed by atoms with Crippen LogP contribution in [0.5, 0.6) is 0 Å². The quantitative estimate of drug-likeness (QED) is 0.718. The monoisotopic (exact) mass is 319 g/mol. The van der Waals surface area contributed by atoms with E-state index in [2.05, 4.69) is 16.7 Å². The number of hydrogen-bond acceptors (Lipinski definition) is 4. The van der Waals surface area contributed by atoms with Gasteiger partial charge in [0.15, 0.2) is 0 Å². The maximum absolute atomic E-state index is 12.3. The molecule has 0 bridgehead atoms. The Kier molecular flexibility index (Phi) is 6.43. The highest BCUT2D eigenvalue weighted by atomic mass is 32.2. The van der Waals surface area contributed by atoms with E-state index in [1.165, 1.54) is 30.0 Å². The molecule has 0 aromatic carbocycles. The maximum Gasteiger partial charge on any atom is 0.279 e. The standard InChI is InChI=1S/C14H29N3O3S/c1-16(13-6-2-3-7-13)11-9-15-21(19,20)17-10-5-4-8-14(17)12-18/h13-15,18H,2-12H2,1H3. The first-order chi connectivity index (χ1) is 10.0. The number of rotatable bonds is 7. The van der Waals surface area contributed by atoms with Crippen LogP contribution in [0.4, 0.5) is 0 Å². The molecule has 1 heterocycles. The molecule has 1 saturated heterocycles. The van der Waals surface area contributed by atoms with Gasteiger partial charge in [0, 0.05) is 31.7 Å². The molecule has 124 valence electrons. The Morgan fingerprint density at radius 2 is 1.86 bits per heavy atom. The van der Waals surface area contributed by atoms with Crippen molar-refractivity contribution in [3.05, 3.63) is 0 Å². The predicted octanol–water partition coefficient (Wildman–Crippen LogP) is 0.542. The highest BCUT2D eigenvalue weighted by Gasteiger charge is 2.31. The summed E-state index contributed by atoms with van der Waals surface area (Å²) >= 11 is 0. The number of hydrogen-bond donors (Lipinski definition) is 2. The second-order valence-corrected chi connectivity index (χ2v) is 7.97. The molecular formula is C14H29N3O3S. The van der Waals surface area contributed by atoms with Gasteiger partial charge >= 0.3 is 0 Å². The van der Waals surface area contributed by atoms with Gasteiger partial charge in [0.2, 0.25) is 0 Å². The van der Waals surface area contributed by atoms with Gasteiger partial charge in [-0.2, -0.15) is 12.7 Å². The van der Waals surface area contributed by atoms with Crippen molar-refractivity contribution < 1.29 is 13.5 Å². The minimum absolute atomic E-state index is 0.0944. The van der Waals surface area contributed by atoms with E-state index in [1.807, 2.05) is 0 Å². The zero-order valence-electron chi connectivity index (χ0n) is 13.0. The number of piperidine rings is 1. The third-order valence-electron chi connectivity index (χ3n) is 4.79. The third-order valence-corrected chi connectivity index (χ3v) is 6.46. The summed E-state index contributed by atoms with van der Waals surface area (Å²) in [5.41, 5.74) is 0. The molecule has 0 amide bonds. The Morgan fingerprint density at radius 1 is 1.19 bits per heavy atom. The normalized spacial score (nSPS) is 25.8. The number of aliphatic hydroxyl groups excluding tert-OH is 1. The van der Waals surface area contributed by atoms with Gasteiger partial charge in [-0.3, -0.25) is 0 Å². The fourth-order valence-electron chi connectivity index (χ4n) is 3.43. The molecule has 2 N–H and O–H groups in total. The molecule has 0 aromatic heterocycles. The van der Waals surface area contributed by atoms with Crippen LogP contribution in [-0.2, 0) is 10.2 Å². The molecule has 1 aliphatic carbocycles. The lowest BCUT2D eigenvalue weighted by molar-refractivity contribution is 0.153. The zero-order valence-corrected chi connectivity index (χ0v) is 13.8. The average molecular weight is 319 g/mol. The van der Waals surface area contributed by atoms with Crippen LogP contribution in [0.3, 0.4) is 0 Å². The minimum Gasteiger partial charge on any atom is -0.395 e. The molecule has 2 rings (SSSR count). The fourth-order valence-corrected chi connectivity index (χ4v) is 4.88. The van der Waals surface area contributed by atoms with Crippen LogP contribution < -0.4 is 4.72 Å². The van der Waals surface area contributed by atoms with Crippen molar-refractivity contribution in [2.24, 2.45) is 0 Å². The van der Waals surface area contributed by atoms with Gasteiger partial charge in [-0.25, -0.2) is 4.72 Å². The molecule has 0 aromatic rings. The highest BCUT2D eigenvalue weighted by Crippen LogP contribution is 2.22. The Morgan fingerprint density at radius 3 is 2.52 bits per heavy atom. The summed E-state index contributed by atoms with van der Waals surface area (Å²) in [7, 11) is -1.40. The van der Waals surface area contributed by atoms with Crippen LogP contribution in [0.1, 0.15) is 44.9 Å². The van der Waals surface area contributed by atoms with Gasteiger partial charge in [0.25, 0.3) is 10.2 Å². The lowest BCUT2D eigenvalue weighted by Crippen LogP contribution is -2.51. The van der Waals surface area contributed by atoms with E-state index < -0.39 is 10.2 Å². The molecule has 6 nitrogen and oxygen atoms in total. The maximum atomic E-state index is 12.3.